The van der Waals surface area contributed by atoms with Crippen LogP contribution in [0.1, 0.15) is 0 Å². The summed E-state index contributed by atoms with van der Waals surface area (Å²) in [6.45, 7) is 0. The van der Waals surface area contributed by atoms with Gasteiger partial charge in [-0.15, -0.1) is 18.3 Å². The molecule has 0 radical (unpaired) electrons. The minimum Gasteiger partial charge on any atom is -0.437 e. The van der Waals surface area contributed by atoms with Gasteiger partial charge in [0.15, 0.2) is 0 Å². The highest BCUT2D eigenvalue weighted by Gasteiger charge is 2.32. The Balaban J connectivity index is 2.15. The molecule has 0 atom stereocenters. The summed E-state index contributed by atoms with van der Waals surface area (Å²) in [5.74, 6) is 0.194. The van der Waals surface area contributed by atoms with E-state index in [0.29, 0.717) is 5.75 Å². The molecule has 2 rings (SSSR count). The molecular weight excluding hydrogens is 329 g/mol. The molecule has 0 bridgehead atoms. The standard InChI is InChI=1S/C11H6BrF3N2O2/c12-8-6-7(18-10-2-1-5-16-17-10)3-4-9(8)19-11(13,14)15/h1-6H. The summed E-state index contributed by atoms with van der Waals surface area (Å²) < 4.78 is 45.5. The lowest BCUT2D eigenvalue weighted by atomic mass is 10.3. The monoisotopic (exact) mass is 334 g/mol. The molecule has 0 aliphatic carbocycles. The van der Waals surface area contributed by atoms with Crippen molar-refractivity contribution >= 4 is 15.9 Å². The van der Waals surface area contributed by atoms with Gasteiger partial charge in [0, 0.05) is 12.3 Å². The Morgan fingerprint density at radius 1 is 1.16 bits per heavy atom. The molecule has 0 saturated heterocycles. The molecule has 0 aliphatic rings. The number of rotatable bonds is 3. The minimum atomic E-state index is -4.74. The predicted molar refractivity (Wildman–Crippen MR) is 62.9 cm³/mol. The summed E-state index contributed by atoms with van der Waals surface area (Å²) in [7, 11) is 0. The van der Waals surface area contributed by atoms with E-state index in [4.69, 9.17) is 4.74 Å². The van der Waals surface area contributed by atoms with Crippen molar-refractivity contribution in [2.75, 3.05) is 0 Å². The van der Waals surface area contributed by atoms with Gasteiger partial charge in [-0.1, -0.05) is 0 Å². The van der Waals surface area contributed by atoms with Gasteiger partial charge in [-0.25, -0.2) is 0 Å². The maximum atomic E-state index is 12.1. The van der Waals surface area contributed by atoms with Crippen molar-refractivity contribution in [2.45, 2.75) is 6.36 Å². The number of halogens is 4. The van der Waals surface area contributed by atoms with E-state index >= 15 is 0 Å². The first-order valence-corrected chi connectivity index (χ1v) is 5.74. The summed E-state index contributed by atoms with van der Waals surface area (Å²) in [4.78, 5) is 0. The highest BCUT2D eigenvalue weighted by molar-refractivity contribution is 9.10. The molecule has 0 N–H and O–H groups in total. The average molecular weight is 335 g/mol. The molecule has 0 unspecified atom stereocenters. The molecule has 19 heavy (non-hydrogen) atoms. The number of alkyl halides is 3. The van der Waals surface area contributed by atoms with Crippen molar-refractivity contribution in [2.24, 2.45) is 0 Å². The van der Waals surface area contributed by atoms with Crippen LogP contribution in [0, 0.1) is 0 Å². The zero-order valence-electron chi connectivity index (χ0n) is 9.19. The molecule has 8 heteroatoms. The van der Waals surface area contributed by atoms with Crippen molar-refractivity contribution in [1.82, 2.24) is 10.2 Å². The van der Waals surface area contributed by atoms with Gasteiger partial charge in [-0.3, -0.25) is 0 Å². The van der Waals surface area contributed by atoms with Crippen molar-refractivity contribution in [3.8, 4) is 17.4 Å². The van der Waals surface area contributed by atoms with Crippen molar-refractivity contribution in [3.05, 3.63) is 41.0 Å². The van der Waals surface area contributed by atoms with Gasteiger partial charge in [0.1, 0.15) is 11.5 Å². The number of ether oxygens (including phenoxy) is 2. The lowest BCUT2D eigenvalue weighted by Crippen LogP contribution is -2.17. The summed E-state index contributed by atoms with van der Waals surface area (Å²) in [6, 6.07) is 7.01. The molecule has 0 spiro atoms. The van der Waals surface area contributed by atoms with Crippen LogP contribution in [-0.4, -0.2) is 16.6 Å². The molecule has 0 saturated carbocycles. The summed E-state index contributed by atoms with van der Waals surface area (Å²) in [6.07, 6.45) is -3.27. The topological polar surface area (TPSA) is 44.2 Å². The predicted octanol–water partition coefficient (Wildman–Crippen LogP) is 3.93. The normalized spacial score (nSPS) is 11.2. The minimum absolute atomic E-state index is 0.117. The number of nitrogens with zero attached hydrogens (tertiary/aromatic N) is 2. The summed E-state index contributed by atoms with van der Waals surface area (Å²) in [5, 5.41) is 7.30. The van der Waals surface area contributed by atoms with Crippen LogP contribution in [0.5, 0.6) is 17.4 Å². The molecule has 0 amide bonds. The lowest BCUT2D eigenvalue weighted by molar-refractivity contribution is -0.274. The second-order valence-corrected chi connectivity index (χ2v) is 4.16. The maximum Gasteiger partial charge on any atom is 0.573 e. The zero-order valence-corrected chi connectivity index (χ0v) is 10.8. The number of aromatic nitrogens is 2. The number of benzene rings is 1. The van der Waals surface area contributed by atoms with Crippen molar-refractivity contribution in [1.29, 1.82) is 0 Å². The van der Waals surface area contributed by atoms with Crippen LogP contribution in [0.15, 0.2) is 41.0 Å². The van der Waals surface area contributed by atoms with Gasteiger partial charge in [-0.05, 0) is 40.2 Å². The Labute approximate surface area is 114 Å². The van der Waals surface area contributed by atoms with E-state index in [2.05, 4.69) is 30.9 Å². The van der Waals surface area contributed by atoms with Crippen molar-refractivity contribution < 1.29 is 22.6 Å². The van der Waals surface area contributed by atoms with Crippen LogP contribution in [-0.2, 0) is 0 Å². The van der Waals surface area contributed by atoms with E-state index in [0.717, 1.165) is 6.07 Å². The highest BCUT2D eigenvalue weighted by Crippen LogP contribution is 2.34. The fourth-order valence-corrected chi connectivity index (χ4v) is 1.65. The van der Waals surface area contributed by atoms with Crippen molar-refractivity contribution in [3.63, 3.8) is 0 Å². The maximum absolute atomic E-state index is 12.1. The Hall–Kier alpha value is -1.83. The average Bonchev–Trinajstić information content (AvgIpc) is 2.33. The first-order chi connectivity index (χ1) is 8.94. The van der Waals surface area contributed by atoms with Gasteiger partial charge < -0.3 is 9.47 Å². The first kappa shape index (κ1) is 13.6. The Morgan fingerprint density at radius 3 is 2.53 bits per heavy atom. The number of hydrogen-bond acceptors (Lipinski definition) is 4. The molecule has 1 aromatic heterocycles. The van der Waals surface area contributed by atoms with Crippen LogP contribution in [0.3, 0.4) is 0 Å². The highest BCUT2D eigenvalue weighted by atomic mass is 79.9. The molecular formula is C11H6BrF3N2O2. The van der Waals surface area contributed by atoms with E-state index in [-0.39, 0.29) is 16.1 Å². The van der Waals surface area contributed by atoms with Gasteiger partial charge >= 0.3 is 6.36 Å². The van der Waals surface area contributed by atoms with E-state index < -0.39 is 6.36 Å². The lowest BCUT2D eigenvalue weighted by Gasteiger charge is -2.11. The van der Waals surface area contributed by atoms with Gasteiger partial charge in [0.05, 0.1) is 4.47 Å². The first-order valence-electron chi connectivity index (χ1n) is 4.95. The molecule has 0 fully saturated rings. The van der Waals surface area contributed by atoms with Crippen LogP contribution in [0.25, 0.3) is 0 Å². The second-order valence-electron chi connectivity index (χ2n) is 3.30. The summed E-state index contributed by atoms with van der Waals surface area (Å²) >= 11 is 2.97. The molecule has 2 aromatic rings. The molecule has 1 heterocycles. The third kappa shape index (κ3) is 4.09. The van der Waals surface area contributed by atoms with E-state index in [1.807, 2.05) is 0 Å². The fourth-order valence-electron chi connectivity index (χ4n) is 1.22. The quantitative estimate of drug-likeness (QED) is 0.853. The zero-order chi connectivity index (χ0) is 13.9. The number of hydrogen-bond donors (Lipinski definition) is 0. The fraction of sp³-hybridized carbons (Fsp3) is 0.0909. The Bertz CT molecular complexity index is 564. The smallest absolute Gasteiger partial charge is 0.437 e. The van der Waals surface area contributed by atoms with Gasteiger partial charge in [0.25, 0.3) is 0 Å². The van der Waals surface area contributed by atoms with Crippen LogP contribution >= 0.6 is 15.9 Å². The van der Waals surface area contributed by atoms with Crippen LogP contribution < -0.4 is 9.47 Å². The van der Waals surface area contributed by atoms with Crippen LogP contribution in [0.2, 0.25) is 0 Å². The summed E-state index contributed by atoms with van der Waals surface area (Å²) in [5.41, 5.74) is 0. The Kier molecular flexibility index (Phi) is 3.89. The molecule has 1 aromatic carbocycles. The van der Waals surface area contributed by atoms with Crippen LogP contribution in [0.4, 0.5) is 13.2 Å². The Morgan fingerprint density at radius 2 is 1.95 bits per heavy atom. The van der Waals surface area contributed by atoms with E-state index in [1.54, 1.807) is 12.1 Å². The van der Waals surface area contributed by atoms with Gasteiger partial charge in [-0.2, -0.15) is 5.10 Å². The third-order valence-electron chi connectivity index (χ3n) is 1.90. The van der Waals surface area contributed by atoms with E-state index in [1.165, 1.54) is 18.3 Å². The third-order valence-corrected chi connectivity index (χ3v) is 2.52. The molecule has 0 aliphatic heterocycles. The largest absolute Gasteiger partial charge is 0.573 e. The SMILES string of the molecule is FC(F)(F)Oc1ccc(Oc2cccnn2)cc1Br. The molecule has 4 nitrogen and oxygen atoms in total. The second kappa shape index (κ2) is 5.43. The van der Waals surface area contributed by atoms with Gasteiger partial charge in [0.2, 0.25) is 5.88 Å². The molecule has 100 valence electrons. The van der Waals surface area contributed by atoms with E-state index in [9.17, 15) is 13.2 Å².